The Hall–Kier alpha value is -4.01. The average Bonchev–Trinajstić information content (AvgIpc) is 2.56. The summed E-state index contributed by atoms with van der Waals surface area (Å²) in [5, 5.41) is 38.9. The molecule has 2 rings (SSSR count). The predicted molar refractivity (Wildman–Crippen MR) is 84.8 cm³/mol. The van der Waals surface area contributed by atoms with Gasteiger partial charge in [-0.3, -0.25) is 0 Å². The van der Waals surface area contributed by atoms with Crippen molar-refractivity contribution in [2.24, 2.45) is 4.99 Å². The summed E-state index contributed by atoms with van der Waals surface area (Å²) in [6.07, 6.45) is 1.30. The molecular weight excluding hydrogens is 292 g/mol. The first kappa shape index (κ1) is 15.4. The lowest BCUT2D eigenvalue weighted by molar-refractivity contribution is 1.06. The Morgan fingerprint density at radius 1 is 1.22 bits per heavy atom. The number of nitrogens with two attached hydrogens (primary N) is 2. The van der Waals surface area contributed by atoms with E-state index in [1.165, 1.54) is 12.1 Å². The van der Waals surface area contributed by atoms with Crippen LogP contribution < -0.4 is 16.8 Å². The van der Waals surface area contributed by atoms with Crippen LogP contribution in [0, 0.1) is 45.3 Å². The summed E-state index contributed by atoms with van der Waals surface area (Å²) >= 11 is 0. The highest BCUT2D eigenvalue weighted by atomic mass is 15.0. The van der Waals surface area contributed by atoms with Gasteiger partial charge in [-0.15, -0.1) is 0 Å². The fraction of sp³-hybridized carbons (Fsp3) is 0.133. The standard InChI is InChI=1S/C15H10N8/c16-2-1-9(6-18)22-14-10-3-8(5-17)13(7-19)23-15(10)12(21)4-11(14)20/h3-4,13,23H,1,20-21H2/b22-9+. The van der Waals surface area contributed by atoms with E-state index < -0.39 is 6.04 Å². The molecule has 23 heavy (non-hydrogen) atoms. The third kappa shape index (κ3) is 2.74. The second-order valence-corrected chi connectivity index (χ2v) is 4.62. The molecule has 0 radical (unpaired) electrons. The summed E-state index contributed by atoms with van der Waals surface area (Å²) in [4.78, 5) is 4.12. The average molecular weight is 302 g/mol. The van der Waals surface area contributed by atoms with Gasteiger partial charge in [0.05, 0.1) is 53.0 Å². The highest BCUT2D eigenvalue weighted by Crippen LogP contribution is 2.42. The molecule has 0 saturated carbocycles. The Morgan fingerprint density at radius 3 is 2.52 bits per heavy atom. The van der Waals surface area contributed by atoms with Gasteiger partial charge in [-0.25, -0.2) is 4.99 Å². The molecule has 5 N–H and O–H groups in total. The maximum Gasteiger partial charge on any atom is 0.150 e. The molecule has 1 atom stereocenters. The van der Waals surface area contributed by atoms with E-state index in [0.29, 0.717) is 16.9 Å². The molecular formula is C15H10N8. The number of rotatable bonds is 2. The zero-order chi connectivity index (χ0) is 17.0. The number of aliphatic imine (C=N–C) groups is 1. The van der Waals surface area contributed by atoms with Crippen molar-refractivity contribution >= 4 is 34.5 Å². The predicted octanol–water partition coefficient (Wildman–Crippen LogP) is 1.59. The van der Waals surface area contributed by atoms with Gasteiger partial charge in [0.15, 0.2) is 0 Å². The van der Waals surface area contributed by atoms with Crippen molar-refractivity contribution in [1.29, 1.82) is 21.0 Å². The molecule has 1 heterocycles. The van der Waals surface area contributed by atoms with Crippen molar-refractivity contribution in [1.82, 2.24) is 0 Å². The normalized spacial score (nSPS) is 15.7. The summed E-state index contributed by atoms with van der Waals surface area (Å²) in [6.45, 7) is 0. The Labute approximate surface area is 132 Å². The molecule has 1 aromatic rings. The number of nitrogens with one attached hydrogen (secondary N) is 1. The third-order valence-corrected chi connectivity index (χ3v) is 3.18. The molecule has 8 nitrogen and oxygen atoms in total. The van der Waals surface area contributed by atoms with Crippen molar-refractivity contribution in [3.05, 3.63) is 17.2 Å². The van der Waals surface area contributed by atoms with E-state index in [1.807, 2.05) is 24.3 Å². The molecule has 0 bridgehead atoms. The summed E-state index contributed by atoms with van der Waals surface area (Å²) in [5.74, 6) is 0. The smallest absolute Gasteiger partial charge is 0.150 e. The maximum atomic E-state index is 9.16. The van der Waals surface area contributed by atoms with E-state index in [-0.39, 0.29) is 29.1 Å². The molecule has 0 amide bonds. The quantitative estimate of drug-likeness (QED) is 0.549. The van der Waals surface area contributed by atoms with E-state index in [1.54, 1.807) is 0 Å². The second-order valence-electron chi connectivity index (χ2n) is 4.62. The summed E-state index contributed by atoms with van der Waals surface area (Å²) in [6, 6.07) is 8.18. The van der Waals surface area contributed by atoms with Crippen molar-refractivity contribution in [3.8, 4) is 24.3 Å². The highest BCUT2D eigenvalue weighted by molar-refractivity contribution is 6.04. The largest absolute Gasteiger partial charge is 0.397 e. The van der Waals surface area contributed by atoms with Gasteiger partial charge in [0.25, 0.3) is 0 Å². The van der Waals surface area contributed by atoms with Crippen LogP contribution in [0.4, 0.5) is 22.7 Å². The Balaban J connectivity index is 2.74. The Bertz CT molecular complexity index is 896. The fourth-order valence-electron chi connectivity index (χ4n) is 2.14. The van der Waals surface area contributed by atoms with Gasteiger partial charge in [0, 0.05) is 5.56 Å². The number of nitrogens with zero attached hydrogens (tertiary/aromatic N) is 5. The Kier molecular flexibility index (Phi) is 4.13. The van der Waals surface area contributed by atoms with E-state index in [0.717, 1.165) is 0 Å². The fourth-order valence-corrected chi connectivity index (χ4v) is 2.14. The monoisotopic (exact) mass is 302 g/mol. The minimum Gasteiger partial charge on any atom is -0.397 e. The van der Waals surface area contributed by atoms with Crippen molar-refractivity contribution in [3.63, 3.8) is 0 Å². The highest BCUT2D eigenvalue weighted by Gasteiger charge is 2.25. The van der Waals surface area contributed by atoms with Gasteiger partial charge in [-0.05, 0) is 12.1 Å². The van der Waals surface area contributed by atoms with Crippen LogP contribution in [-0.4, -0.2) is 11.8 Å². The minimum atomic E-state index is -0.829. The van der Waals surface area contributed by atoms with Crippen LogP contribution in [-0.2, 0) is 0 Å². The lowest BCUT2D eigenvalue weighted by Crippen LogP contribution is -2.24. The maximum absolute atomic E-state index is 9.16. The lowest BCUT2D eigenvalue weighted by Gasteiger charge is -2.23. The summed E-state index contributed by atoms with van der Waals surface area (Å²) < 4.78 is 0. The molecule has 0 aliphatic carbocycles. The number of nitrogen functional groups attached to an aromatic ring is 2. The SMILES string of the molecule is N#CC/C(C#N)=N\c1c(N)cc(N)c2c1C=C(C#N)C(C#N)N2. The van der Waals surface area contributed by atoms with Crippen LogP contribution in [0.1, 0.15) is 12.0 Å². The van der Waals surface area contributed by atoms with Gasteiger partial charge in [0.2, 0.25) is 0 Å². The number of anilines is 3. The van der Waals surface area contributed by atoms with E-state index in [2.05, 4.69) is 10.3 Å². The number of hydrogen-bond donors (Lipinski definition) is 3. The molecule has 1 aliphatic heterocycles. The first-order chi connectivity index (χ1) is 11.0. The second kappa shape index (κ2) is 6.18. The number of hydrogen-bond acceptors (Lipinski definition) is 8. The first-order valence-corrected chi connectivity index (χ1v) is 6.40. The third-order valence-electron chi connectivity index (χ3n) is 3.18. The number of benzene rings is 1. The Morgan fingerprint density at radius 2 is 1.96 bits per heavy atom. The number of nitriles is 4. The van der Waals surface area contributed by atoms with Crippen molar-refractivity contribution < 1.29 is 0 Å². The van der Waals surface area contributed by atoms with E-state index in [9.17, 15) is 0 Å². The van der Waals surface area contributed by atoms with Crippen molar-refractivity contribution in [2.45, 2.75) is 12.5 Å². The summed E-state index contributed by atoms with van der Waals surface area (Å²) in [5.41, 5.74) is 13.6. The zero-order valence-corrected chi connectivity index (χ0v) is 11.8. The molecule has 110 valence electrons. The van der Waals surface area contributed by atoms with Gasteiger partial charge >= 0.3 is 0 Å². The van der Waals surface area contributed by atoms with Crippen LogP contribution in [0.15, 0.2) is 16.6 Å². The molecule has 0 aromatic heterocycles. The van der Waals surface area contributed by atoms with Gasteiger partial charge in [0.1, 0.15) is 17.8 Å². The topological polar surface area (TPSA) is 172 Å². The van der Waals surface area contributed by atoms with Gasteiger partial charge in [-0.1, -0.05) is 0 Å². The molecule has 1 aliphatic rings. The zero-order valence-electron chi connectivity index (χ0n) is 11.8. The van der Waals surface area contributed by atoms with Crippen LogP contribution in [0.5, 0.6) is 0 Å². The lowest BCUT2D eigenvalue weighted by atomic mass is 9.96. The van der Waals surface area contributed by atoms with Crippen LogP contribution in [0.2, 0.25) is 0 Å². The molecule has 8 heteroatoms. The van der Waals surface area contributed by atoms with Gasteiger partial charge < -0.3 is 16.8 Å². The number of fused-ring (bicyclic) bond motifs is 1. The molecule has 0 saturated heterocycles. The minimum absolute atomic E-state index is 0.0134. The van der Waals surface area contributed by atoms with E-state index in [4.69, 9.17) is 32.5 Å². The molecule has 1 unspecified atom stereocenters. The molecule has 0 fully saturated rings. The first-order valence-electron chi connectivity index (χ1n) is 6.40. The molecule has 0 spiro atoms. The van der Waals surface area contributed by atoms with Crippen LogP contribution in [0.25, 0.3) is 6.08 Å². The van der Waals surface area contributed by atoms with Crippen molar-refractivity contribution in [2.75, 3.05) is 16.8 Å². The molecule has 1 aromatic carbocycles. The van der Waals surface area contributed by atoms with Crippen LogP contribution in [0.3, 0.4) is 0 Å². The van der Waals surface area contributed by atoms with Gasteiger partial charge in [-0.2, -0.15) is 21.0 Å². The van der Waals surface area contributed by atoms with E-state index >= 15 is 0 Å². The summed E-state index contributed by atoms with van der Waals surface area (Å²) in [7, 11) is 0. The van der Waals surface area contributed by atoms with Crippen LogP contribution >= 0.6 is 0 Å².